The molecule has 2 aromatic heterocycles. The van der Waals surface area contributed by atoms with E-state index in [1.54, 1.807) is 11.3 Å². The number of nitrogens with one attached hydrogen (secondary N) is 2. The van der Waals surface area contributed by atoms with Crippen molar-refractivity contribution in [3.8, 4) is 0 Å². The Balaban J connectivity index is 0.000000196. The van der Waals surface area contributed by atoms with Gasteiger partial charge in [0.1, 0.15) is 0 Å². The highest BCUT2D eigenvalue weighted by Crippen LogP contribution is 2.33. The normalized spacial score (nSPS) is 13.8. The molecule has 0 atom stereocenters. The number of H-pyrrole nitrogens is 1. The Bertz CT molecular complexity index is 920. The van der Waals surface area contributed by atoms with Crippen LogP contribution in [0.2, 0.25) is 0 Å². The van der Waals surface area contributed by atoms with Gasteiger partial charge in [-0.25, -0.2) is 4.79 Å². The summed E-state index contributed by atoms with van der Waals surface area (Å²) in [6.07, 6.45) is 8.98. The largest absolute Gasteiger partial charge is 0.481 e. The molecule has 3 N–H and O–H groups in total. The van der Waals surface area contributed by atoms with Gasteiger partial charge in [0.05, 0.1) is 5.52 Å². The quantitative estimate of drug-likeness (QED) is 0.484. The number of aromatic nitrogens is 1. The second-order valence-corrected chi connectivity index (χ2v) is 8.24. The zero-order valence-electron chi connectivity index (χ0n) is 17.8. The van der Waals surface area contributed by atoms with E-state index in [0.29, 0.717) is 11.5 Å². The third kappa shape index (κ3) is 8.55. The van der Waals surface area contributed by atoms with Crippen molar-refractivity contribution in [2.24, 2.45) is 0 Å². The van der Waals surface area contributed by atoms with E-state index in [0.717, 1.165) is 19.0 Å². The molecule has 1 aliphatic rings. The highest BCUT2D eigenvalue weighted by molar-refractivity contribution is 7.07. The predicted molar refractivity (Wildman–Crippen MR) is 123 cm³/mol. The molecule has 7 heteroatoms. The Hall–Kier alpha value is -2.38. The minimum Gasteiger partial charge on any atom is -0.481 e. The Labute approximate surface area is 181 Å². The zero-order valence-corrected chi connectivity index (χ0v) is 18.6. The average molecular weight is 433 g/mol. The standard InChI is InChI=1S/C13H15NO2.C8H13NS.C2H4O2/c15-13-14-11-7-6-10(8-12(11)16-13)9-4-2-1-3-5-9;1-9-5-2-3-8-4-6-10-7-8;1-2(3)4/h6-9H,1-5H2,(H,14,15);4,6-7,9H,2-3,5H2,1H3;1H3,(H,3,4). The number of hydrogen-bond donors (Lipinski definition) is 3. The molecule has 1 fully saturated rings. The third-order valence-electron chi connectivity index (χ3n) is 4.99. The number of hydrogen-bond acceptors (Lipinski definition) is 5. The fourth-order valence-electron chi connectivity index (χ4n) is 3.56. The Morgan fingerprint density at radius 3 is 2.63 bits per heavy atom. The molecule has 0 saturated heterocycles. The number of aryl methyl sites for hydroxylation is 1. The van der Waals surface area contributed by atoms with Gasteiger partial charge in [-0.15, -0.1) is 0 Å². The van der Waals surface area contributed by atoms with Gasteiger partial charge in [0, 0.05) is 6.92 Å². The van der Waals surface area contributed by atoms with Gasteiger partial charge in [-0.05, 0) is 85.3 Å². The maximum atomic E-state index is 11.1. The van der Waals surface area contributed by atoms with Crippen LogP contribution in [0.25, 0.3) is 11.1 Å². The van der Waals surface area contributed by atoms with Gasteiger partial charge in [-0.1, -0.05) is 25.3 Å². The lowest BCUT2D eigenvalue weighted by molar-refractivity contribution is -0.134. The van der Waals surface area contributed by atoms with E-state index in [-0.39, 0.29) is 5.76 Å². The average Bonchev–Trinajstić information content (AvgIpc) is 3.37. The summed E-state index contributed by atoms with van der Waals surface area (Å²) in [4.78, 5) is 22.7. The summed E-state index contributed by atoms with van der Waals surface area (Å²) in [5.41, 5.74) is 4.27. The van der Waals surface area contributed by atoms with Gasteiger partial charge in [-0.3, -0.25) is 9.78 Å². The van der Waals surface area contributed by atoms with Gasteiger partial charge in [0.15, 0.2) is 5.58 Å². The fraction of sp³-hybridized carbons (Fsp3) is 0.478. The first kappa shape index (κ1) is 23.9. The number of aliphatic carboxylic acids is 1. The van der Waals surface area contributed by atoms with Crippen LogP contribution in [-0.2, 0) is 11.2 Å². The lowest BCUT2D eigenvalue weighted by Gasteiger charge is -2.21. The molecule has 1 saturated carbocycles. The summed E-state index contributed by atoms with van der Waals surface area (Å²) < 4.78 is 5.09. The first-order valence-corrected chi connectivity index (χ1v) is 11.4. The van der Waals surface area contributed by atoms with E-state index in [1.807, 2.05) is 19.2 Å². The van der Waals surface area contributed by atoms with E-state index in [9.17, 15) is 4.79 Å². The summed E-state index contributed by atoms with van der Waals surface area (Å²) in [5, 5.41) is 14.9. The fourth-order valence-corrected chi connectivity index (χ4v) is 4.26. The Kier molecular flexibility index (Phi) is 10.4. The van der Waals surface area contributed by atoms with Gasteiger partial charge in [0.2, 0.25) is 0 Å². The SMILES string of the molecule is CC(=O)O.CNCCCc1ccsc1.O=c1[nH]c2ccc(C3CCCCC3)cc2o1. The molecule has 0 amide bonds. The third-order valence-corrected chi connectivity index (χ3v) is 5.73. The molecule has 0 unspecified atom stereocenters. The minimum absolute atomic E-state index is 0.365. The van der Waals surface area contributed by atoms with E-state index >= 15 is 0 Å². The van der Waals surface area contributed by atoms with Crippen LogP contribution in [0.4, 0.5) is 0 Å². The maximum Gasteiger partial charge on any atom is 0.417 e. The lowest BCUT2D eigenvalue weighted by Crippen LogP contribution is -2.07. The molecule has 164 valence electrons. The maximum absolute atomic E-state index is 11.1. The van der Waals surface area contributed by atoms with E-state index in [2.05, 4.69) is 33.2 Å². The number of fused-ring (bicyclic) bond motifs is 1. The van der Waals surface area contributed by atoms with Gasteiger partial charge in [-0.2, -0.15) is 11.3 Å². The molecule has 0 radical (unpaired) electrons. The summed E-state index contributed by atoms with van der Waals surface area (Å²) in [6.45, 7) is 2.20. The summed E-state index contributed by atoms with van der Waals surface area (Å²) in [7, 11) is 1.99. The zero-order chi connectivity index (χ0) is 21.8. The van der Waals surface area contributed by atoms with Crippen molar-refractivity contribution < 1.29 is 14.3 Å². The van der Waals surface area contributed by atoms with E-state index < -0.39 is 5.97 Å². The number of oxazole rings is 1. The highest BCUT2D eigenvalue weighted by Gasteiger charge is 2.16. The minimum atomic E-state index is -0.833. The molecule has 6 nitrogen and oxygen atoms in total. The number of aromatic amines is 1. The van der Waals surface area contributed by atoms with Crippen molar-refractivity contribution in [3.05, 3.63) is 56.7 Å². The van der Waals surface area contributed by atoms with Crippen LogP contribution in [0.1, 0.15) is 62.5 Å². The van der Waals surface area contributed by atoms with Crippen molar-refractivity contribution in [2.75, 3.05) is 13.6 Å². The van der Waals surface area contributed by atoms with Crippen molar-refractivity contribution in [2.45, 2.75) is 57.8 Å². The molecule has 30 heavy (non-hydrogen) atoms. The number of thiophene rings is 1. The first-order valence-electron chi connectivity index (χ1n) is 10.5. The van der Waals surface area contributed by atoms with Crippen molar-refractivity contribution in [3.63, 3.8) is 0 Å². The molecule has 1 aromatic carbocycles. The molecule has 4 rings (SSSR count). The summed E-state index contributed by atoms with van der Waals surface area (Å²) in [5.74, 6) is -0.547. The monoisotopic (exact) mass is 432 g/mol. The number of carbonyl (C=O) groups is 1. The summed E-state index contributed by atoms with van der Waals surface area (Å²) >= 11 is 1.78. The van der Waals surface area contributed by atoms with Gasteiger partial charge >= 0.3 is 5.76 Å². The van der Waals surface area contributed by atoms with Crippen LogP contribution in [0.5, 0.6) is 0 Å². The van der Waals surface area contributed by atoms with Gasteiger partial charge in [0.25, 0.3) is 5.97 Å². The van der Waals surface area contributed by atoms with Gasteiger partial charge < -0.3 is 14.8 Å². The lowest BCUT2D eigenvalue weighted by atomic mass is 9.84. The van der Waals surface area contributed by atoms with Crippen molar-refractivity contribution >= 4 is 28.4 Å². The molecule has 3 aromatic rings. The molecular weight excluding hydrogens is 400 g/mol. The van der Waals surface area contributed by atoms with Crippen LogP contribution >= 0.6 is 11.3 Å². The van der Waals surface area contributed by atoms with Crippen LogP contribution in [0.3, 0.4) is 0 Å². The second-order valence-electron chi connectivity index (χ2n) is 7.46. The molecule has 0 aliphatic heterocycles. The first-order chi connectivity index (χ1) is 14.5. The van der Waals surface area contributed by atoms with Crippen LogP contribution in [0.15, 0.2) is 44.2 Å². The van der Waals surface area contributed by atoms with Crippen LogP contribution in [-0.4, -0.2) is 29.7 Å². The van der Waals surface area contributed by atoms with Crippen molar-refractivity contribution in [1.29, 1.82) is 0 Å². The highest BCUT2D eigenvalue weighted by atomic mass is 32.1. The molecule has 2 heterocycles. The van der Waals surface area contributed by atoms with E-state index in [1.165, 1.54) is 56.1 Å². The second kappa shape index (κ2) is 13.0. The molecular formula is C23H32N2O4S. The van der Waals surface area contributed by atoms with Crippen LogP contribution in [0, 0.1) is 0 Å². The summed E-state index contributed by atoms with van der Waals surface area (Å²) in [6, 6.07) is 8.28. The predicted octanol–water partition coefficient (Wildman–Crippen LogP) is 5.16. The number of benzene rings is 1. The molecule has 0 bridgehead atoms. The van der Waals surface area contributed by atoms with Crippen molar-refractivity contribution in [1.82, 2.24) is 10.3 Å². The Morgan fingerprint density at radius 2 is 2.00 bits per heavy atom. The molecule has 0 spiro atoms. The number of carboxylic acid groups (broad SMARTS) is 1. The Morgan fingerprint density at radius 1 is 1.27 bits per heavy atom. The van der Waals surface area contributed by atoms with Crippen LogP contribution < -0.4 is 11.1 Å². The topological polar surface area (TPSA) is 95.3 Å². The molecule has 1 aliphatic carbocycles. The van der Waals surface area contributed by atoms with E-state index in [4.69, 9.17) is 14.3 Å². The number of carboxylic acids is 1. The smallest absolute Gasteiger partial charge is 0.417 e. The number of rotatable bonds is 5.